The molecule has 0 aliphatic carbocycles. The number of carbonyl (C=O) groups is 1. The van der Waals surface area contributed by atoms with Gasteiger partial charge in [0, 0.05) is 19.6 Å². The summed E-state index contributed by atoms with van der Waals surface area (Å²) >= 11 is 0. The van der Waals surface area contributed by atoms with Crippen LogP contribution in [-0.4, -0.2) is 40.8 Å². The maximum atomic E-state index is 12.2. The Balaban J connectivity index is 1.85. The minimum Gasteiger partial charge on any atom is -0.508 e. The van der Waals surface area contributed by atoms with Gasteiger partial charge in [-0.3, -0.25) is 0 Å². The van der Waals surface area contributed by atoms with Gasteiger partial charge in [0.05, 0.1) is 6.61 Å². The van der Waals surface area contributed by atoms with Crippen molar-refractivity contribution in [2.45, 2.75) is 13.0 Å². The number of urea groups is 1. The second kappa shape index (κ2) is 8.80. The molecule has 0 heterocycles. The van der Waals surface area contributed by atoms with E-state index in [1.165, 1.54) is 0 Å². The second-order valence-corrected chi connectivity index (χ2v) is 5.28. The van der Waals surface area contributed by atoms with Gasteiger partial charge >= 0.3 is 6.03 Å². The number of benzene rings is 2. The molecule has 0 aromatic heterocycles. The van der Waals surface area contributed by atoms with Crippen LogP contribution in [0.3, 0.4) is 0 Å². The molecule has 0 atom stereocenters. The van der Waals surface area contributed by atoms with Crippen LogP contribution in [0.15, 0.2) is 54.6 Å². The van der Waals surface area contributed by atoms with Gasteiger partial charge in [-0.15, -0.1) is 0 Å². The maximum Gasteiger partial charge on any atom is 0.317 e. The van der Waals surface area contributed by atoms with Crippen molar-refractivity contribution >= 4 is 6.03 Å². The molecule has 0 saturated heterocycles. The van der Waals surface area contributed by atoms with Crippen molar-refractivity contribution in [3.8, 4) is 5.75 Å². The van der Waals surface area contributed by atoms with Crippen LogP contribution in [0.5, 0.6) is 5.75 Å². The van der Waals surface area contributed by atoms with Crippen LogP contribution in [0, 0.1) is 0 Å². The lowest BCUT2D eigenvalue weighted by atomic mass is 10.1. The molecule has 0 aliphatic heterocycles. The second-order valence-electron chi connectivity index (χ2n) is 5.28. The predicted molar refractivity (Wildman–Crippen MR) is 89.1 cm³/mol. The Bertz CT molecular complexity index is 617. The number of aliphatic hydroxyl groups excluding tert-OH is 1. The van der Waals surface area contributed by atoms with Crippen LogP contribution in [0.25, 0.3) is 0 Å². The third-order valence-corrected chi connectivity index (χ3v) is 3.47. The molecule has 5 nitrogen and oxygen atoms in total. The summed E-state index contributed by atoms with van der Waals surface area (Å²) in [7, 11) is 0. The smallest absolute Gasteiger partial charge is 0.317 e. The van der Waals surface area contributed by atoms with E-state index in [-0.39, 0.29) is 24.9 Å². The van der Waals surface area contributed by atoms with Gasteiger partial charge in [-0.25, -0.2) is 4.79 Å². The van der Waals surface area contributed by atoms with Gasteiger partial charge in [0.2, 0.25) is 0 Å². The van der Waals surface area contributed by atoms with Crippen molar-refractivity contribution < 1.29 is 15.0 Å². The zero-order valence-corrected chi connectivity index (χ0v) is 13.0. The highest BCUT2D eigenvalue weighted by Crippen LogP contribution is 2.11. The van der Waals surface area contributed by atoms with Crippen LogP contribution < -0.4 is 5.32 Å². The number of phenolic OH excluding ortho intramolecular Hbond substituents is 1. The van der Waals surface area contributed by atoms with Gasteiger partial charge in [0.25, 0.3) is 0 Å². The lowest BCUT2D eigenvalue weighted by Gasteiger charge is -2.22. The van der Waals surface area contributed by atoms with Gasteiger partial charge in [-0.2, -0.15) is 0 Å². The number of rotatable bonds is 7. The summed E-state index contributed by atoms with van der Waals surface area (Å²) in [6, 6.07) is 16.4. The van der Waals surface area contributed by atoms with Crippen molar-refractivity contribution in [2.24, 2.45) is 0 Å². The molecule has 0 aliphatic rings. The molecule has 2 amide bonds. The average molecular weight is 314 g/mol. The molecule has 0 saturated carbocycles. The highest BCUT2D eigenvalue weighted by molar-refractivity contribution is 5.74. The van der Waals surface area contributed by atoms with Gasteiger partial charge in [0.15, 0.2) is 0 Å². The Labute approximate surface area is 136 Å². The minimum atomic E-state index is -0.206. The largest absolute Gasteiger partial charge is 0.508 e. The Morgan fingerprint density at radius 1 is 1.04 bits per heavy atom. The van der Waals surface area contributed by atoms with E-state index < -0.39 is 0 Å². The van der Waals surface area contributed by atoms with Crippen LogP contribution >= 0.6 is 0 Å². The zero-order valence-electron chi connectivity index (χ0n) is 13.0. The van der Waals surface area contributed by atoms with Gasteiger partial charge < -0.3 is 20.4 Å². The normalized spacial score (nSPS) is 10.3. The van der Waals surface area contributed by atoms with E-state index in [0.29, 0.717) is 19.5 Å². The summed E-state index contributed by atoms with van der Waals surface area (Å²) in [6.45, 7) is 1.14. The summed E-state index contributed by atoms with van der Waals surface area (Å²) in [4.78, 5) is 13.8. The quantitative estimate of drug-likeness (QED) is 0.733. The maximum absolute atomic E-state index is 12.2. The van der Waals surface area contributed by atoms with Crippen molar-refractivity contribution in [3.05, 3.63) is 65.7 Å². The Hall–Kier alpha value is -2.53. The third kappa shape index (κ3) is 5.64. The fourth-order valence-electron chi connectivity index (χ4n) is 2.31. The van der Waals surface area contributed by atoms with Crippen molar-refractivity contribution in [2.75, 3.05) is 19.7 Å². The fourth-order valence-corrected chi connectivity index (χ4v) is 2.31. The molecule has 0 fully saturated rings. The topological polar surface area (TPSA) is 72.8 Å². The first-order valence-corrected chi connectivity index (χ1v) is 7.64. The summed E-state index contributed by atoms with van der Waals surface area (Å²) in [6.07, 6.45) is 0.637. The first-order chi connectivity index (χ1) is 11.2. The molecule has 2 rings (SSSR count). The summed E-state index contributed by atoms with van der Waals surface area (Å²) in [5.74, 6) is 0.222. The molecule has 3 N–H and O–H groups in total. The number of phenols is 1. The highest BCUT2D eigenvalue weighted by atomic mass is 16.3. The molecular formula is C18H22N2O3. The number of hydrogen-bond donors (Lipinski definition) is 3. The number of nitrogens with zero attached hydrogens (tertiary/aromatic N) is 1. The van der Waals surface area contributed by atoms with E-state index >= 15 is 0 Å². The van der Waals surface area contributed by atoms with Crippen molar-refractivity contribution in [1.82, 2.24) is 10.2 Å². The zero-order chi connectivity index (χ0) is 16.5. The molecule has 2 aromatic rings. The molecule has 0 unspecified atom stereocenters. The number of carbonyl (C=O) groups excluding carboxylic acids is 1. The molecule has 122 valence electrons. The molecule has 5 heteroatoms. The van der Waals surface area contributed by atoms with E-state index in [1.807, 2.05) is 36.4 Å². The van der Waals surface area contributed by atoms with Gasteiger partial charge in [-0.05, 0) is 29.7 Å². The predicted octanol–water partition coefficient (Wildman–Crippen LogP) is 2.14. The highest BCUT2D eigenvalue weighted by Gasteiger charge is 2.12. The van der Waals surface area contributed by atoms with Crippen molar-refractivity contribution in [3.63, 3.8) is 0 Å². The average Bonchev–Trinajstić information content (AvgIpc) is 2.55. The number of hydrogen-bond acceptors (Lipinski definition) is 3. The van der Waals surface area contributed by atoms with E-state index in [4.69, 9.17) is 5.11 Å². The Kier molecular flexibility index (Phi) is 6.44. The van der Waals surface area contributed by atoms with E-state index in [1.54, 1.807) is 23.1 Å². The van der Waals surface area contributed by atoms with E-state index in [9.17, 15) is 9.90 Å². The van der Waals surface area contributed by atoms with Crippen LogP contribution in [0.2, 0.25) is 0 Å². The SMILES string of the molecule is O=C(NCCc1cccc(O)c1)N(CCO)Cc1ccccc1. The summed E-state index contributed by atoms with van der Waals surface area (Å²) in [5, 5.41) is 21.4. The lowest BCUT2D eigenvalue weighted by Crippen LogP contribution is -2.41. The Morgan fingerprint density at radius 3 is 2.48 bits per heavy atom. The number of nitrogens with one attached hydrogen (secondary N) is 1. The molecular weight excluding hydrogens is 292 g/mol. The summed E-state index contributed by atoms with van der Waals surface area (Å²) in [5.41, 5.74) is 1.98. The number of amides is 2. The van der Waals surface area contributed by atoms with Crippen molar-refractivity contribution in [1.29, 1.82) is 0 Å². The fraction of sp³-hybridized carbons (Fsp3) is 0.278. The molecule has 23 heavy (non-hydrogen) atoms. The van der Waals surface area contributed by atoms with E-state index in [0.717, 1.165) is 11.1 Å². The minimum absolute atomic E-state index is 0.0766. The molecule has 0 radical (unpaired) electrons. The molecule has 0 bridgehead atoms. The third-order valence-electron chi connectivity index (χ3n) is 3.47. The summed E-state index contributed by atoms with van der Waals surface area (Å²) < 4.78 is 0. The van der Waals surface area contributed by atoms with Crippen LogP contribution in [-0.2, 0) is 13.0 Å². The Morgan fingerprint density at radius 2 is 1.78 bits per heavy atom. The molecule has 0 spiro atoms. The first kappa shape index (κ1) is 16.8. The number of aliphatic hydroxyl groups is 1. The first-order valence-electron chi connectivity index (χ1n) is 7.64. The monoisotopic (exact) mass is 314 g/mol. The molecule has 2 aromatic carbocycles. The van der Waals surface area contributed by atoms with Gasteiger partial charge in [-0.1, -0.05) is 42.5 Å². The van der Waals surface area contributed by atoms with Crippen LogP contribution in [0.1, 0.15) is 11.1 Å². The van der Waals surface area contributed by atoms with Gasteiger partial charge in [0.1, 0.15) is 5.75 Å². The lowest BCUT2D eigenvalue weighted by molar-refractivity contribution is 0.174. The number of aromatic hydroxyl groups is 1. The van der Waals surface area contributed by atoms with Crippen LogP contribution in [0.4, 0.5) is 4.79 Å². The van der Waals surface area contributed by atoms with E-state index in [2.05, 4.69) is 5.32 Å². The standard InChI is InChI=1S/C18H22N2O3/c21-12-11-20(14-16-5-2-1-3-6-16)18(23)19-10-9-15-7-4-8-17(22)13-15/h1-8,13,21-22H,9-12,14H2,(H,19,23).